The summed E-state index contributed by atoms with van der Waals surface area (Å²) in [4.78, 5) is 11.6. The average molecular weight is 205 g/mol. The molecule has 15 heavy (non-hydrogen) atoms. The van der Waals surface area contributed by atoms with Gasteiger partial charge in [0.25, 0.3) is 0 Å². The number of Topliss-reactive ketones (excluding diaryl/α,β-unsaturated/α-hetero) is 1. The van der Waals surface area contributed by atoms with E-state index in [0.29, 0.717) is 6.42 Å². The maximum atomic E-state index is 11.6. The largest absolute Gasteiger partial charge is 0.349 e. The summed E-state index contributed by atoms with van der Waals surface area (Å²) >= 11 is 0. The number of rotatable bonds is 6. The van der Waals surface area contributed by atoms with Crippen LogP contribution in [0, 0.1) is 0 Å². The van der Waals surface area contributed by atoms with Crippen molar-refractivity contribution >= 4 is 5.78 Å². The molecule has 0 aromatic carbocycles. The van der Waals surface area contributed by atoms with Crippen LogP contribution < -0.4 is 0 Å². The fraction of sp³-hybridized carbons (Fsp3) is 0.462. The number of hydrogen-bond donors (Lipinski definition) is 0. The van der Waals surface area contributed by atoms with Gasteiger partial charge in [-0.1, -0.05) is 26.0 Å². The summed E-state index contributed by atoms with van der Waals surface area (Å²) in [7, 11) is 0. The second kappa shape index (κ2) is 5.54. The first-order valence-corrected chi connectivity index (χ1v) is 5.53. The Bertz CT molecular complexity index is 349. The summed E-state index contributed by atoms with van der Waals surface area (Å²) in [5, 5.41) is 0. The second-order valence-corrected chi connectivity index (χ2v) is 3.85. The minimum absolute atomic E-state index is 0.235. The summed E-state index contributed by atoms with van der Waals surface area (Å²) in [5.41, 5.74) is 2.00. The topological polar surface area (TPSA) is 22.0 Å². The summed E-state index contributed by atoms with van der Waals surface area (Å²) in [6, 6.07) is 1.89. The van der Waals surface area contributed by atoms with Gasteiger partial charge < -0.3 is 4.57 Å². The minimum atomic E-state index is 0.235. The lowest BCUT2D eigenvalue weighted by atomic mass is 10.1. The maximum absolute atomic E-state index is 11.6. The van der Waals surface area contributed by atoms with E-state index in [4.69, 9.17) is 0 Å². The Balaban J connectivity index is 2.63. The number of allylic oxidation sites excluding steroid dienone is 1. The summed E-state index contributed by atoms with van der Waals surface area (Å²) in [6.07, 6.45) is 6.39. The van der Waals surface area contributed by atoms with Crippen molar-refractivity contribution in [3.05, 3.63) is 36.2 Å². The monoisotopic (exact) mass is 205 g/mol. The first kappa shape index (κ1) is 11.8. The van der Waals surface area contributed by atoms with Crippen LogP contribution in [-0.2, 0) is 6.54 Å². The van der Waals surface area contributed by atoms with Crippen molar-refractivity contribution in [1.82, 2.24) is 4.57 Å². The molecule has 0 aliphatic rings. The maximum Gasteiger partial charge on any atom is 0.164 e. The van der Waals surface area contributed by atoms with Gasteiger partial charge in [-0.15, -0.1) is 0 Å². The number of carbonyl (C=O) groups is 1. The van der Waals surface area contributed by atoms with E-state index in [2.05, 4.69) is 13.5 Å². The highest BCUT2D eigenvalue weighted by Gasteiger charge is 2.06. The Kier molecular flexibility index (Phi) is 4.35. The third kappa shape index (κ3) is 3.39. The van der Waals surface area contributed by atoms with Gasteiger partial charge in [0.05, 0.1) is 0 Å². The van der Waals surface area contributed by atoms with Crippen LogP contribution in [0.1, 0.15) is 43.5 Å². The standard InChI is InChI=1S/C13H19NO/c1-4-6-13(15)12-7-8-14(10-12)9-11(3)5-2/h7-8,10H,3-6,9H2,1-2H3. The van der Waals surface area contributed by atoms with E-state index in [9.17, 15) is 4.79 Å². The molecule has 0 aliphatic heterocycles. The molecule has 0 aliphatic carbocycles. The fourth-order valence-corrected chi connectivity index (χ4v) is 1.45. The molecule has 0 atom stereocenters. The lowest BCUT2D eigenvalue weighted by Crippen LogP contribution is -1.99. The molecule has 1 heterocycles. The first-order chi connectivity index (χ1) is 7.17. The molecule has 0 saturated carbocycles. The third-order valence-electron chi connectivity index (χ3n) is 2.46. The van der Waals surface area contributed by atoms with Gasteiger partial charge in [-0.05, 0) is 18.9 Å². The van der Waals surface area contributed by atoms with Crippen molar-refractivity contribution in [1.29, 1.82) is 0 Å². The first-order valence-electron chi connectivity index (χ1n) is 5.53. The molecule has 1 rings (SSSR count). The second-order valence-electron chi connectivity index (χ2n) is 3.85. The Labute approximate surface area is 91.6 Å². The van der Waals surface area contributed by atoms with Crippen LogP contribution in [0.25, 0.3) is 0 Å². The summed E-state index contributed by atoms with van der Waals surface area (Å²) in [6.45, 7) is 8.88. The zero-order valence-electron chi connectivity index (χ0n) is 9.62. The fourth-order valence-electron chi connectivity index (χ4n) is 1.45. The van der Waals surface area contributed by atoms with E-state index in [1.54, 1.807) is 0 Å². The molecular weight excluding hydrogens is 186 g/mol. The van der Waals surface area contributed by atoms with Crippen molar-refractivity contribution in [2.24, 2.45) is 0 Å². The molecule has 0 bridgehead atoms. The van der Waals surface area contributed by atoms with Gasteiger partial charge in [0.1, 0.15) is 0 Å². The van der Waals surface area contributed by atoms with Crippen molar-refractivity contribution in [2.45, 2.75) is 39.7 Å². The minimum Gasteiger partial charge on any atom is -0.349 e. The Morgan fingerprint density at radius 2 is 2.20 bits per heavy atom. The zero-order chi connectivity index (χ0) is 11.3. The number of hydrogen-bond acceptors (Lipinski definition) is 1. The Hall–Kier alpha value is -1.31. The van der Waals surface area contributed by atoms with Crippen molar-refractivity contribution < 1.29 is 4.79 Å². The number of ketones is 1. The molecule has 1 aromatic rings. The predicted octanol–water partition coefficient (Wildman–Crippen LogP) is 3.44. The molecule has 0 spiro atoms. The van der Waals surface area contributed by atoms with Gasteiger partial charge in [0.15, 0.2) is 5.78 Å². The van der Waals surface area contributed by atoms with Crippen LogP contribution in [-0.4, -0.2) is 10.4 Å². The molecule has 0 saturated heterocycles. The number of aromatic nitrogens is 1. The van der Waals surface area contributed by atoms with Gasteiger partial charge in [0, 0.05) is 30.9 Å². The molecular formula is C13H19NO. The molecule has 2 nitrogen and oxygen atoms in total. The highest BCUT2D eigenvalue weighted by atomic mass is 16.1. The molecule has 82 valence electrons. The SMILES string of the molecule is C=C(CC)Cn1ccc(C(=O)CCC)c1. The van der Waals surface area contributed by atoms with Crippen LogP contribution in [0.5, 0.6) is 0 Å². The molecule has 0 fully saturated rings. The van der Waals surface area contributed by atoms with Crippen molar-refractivity contribution in [2.75, 3.05) is 0 Å². The Morgan fingerprint density at radius 3 is 2.80 bits per heavy atom. The molecule has 0 unspecified atom stereocenters. The zero-order valence-corrected chi connectivity index (χ0v) is 9.62. The number of carbonyl (C=O) groups excluding carboxylic acids is 1. The summed E-state index contributed by atoms with van der Waals surface area (Å²) in [5.74, 6) is 0.235. The highest BCUT2D eigenvalue weighted by molar-refractivity contribution is 5.95. The molecule has 0 N–H and O–H groups in total. The van der Waals surface area contributed by atoms with Gasteiger partial charge in [-0.3, -0.25) is 4.79 Å². The van der Waals surface area contributed by atoms with E-state index >= 15 is 0 Å². The van der Waals surface area contributed by atoms with Gasteiger partial charge in [0.2, 0.25) is 0 Å². The number of nitrogens with zero attached hydrogens (tertiary/aromatic N) is 1. The van der Waals surface area contributed by atoms with Gasteiger partial charge in [-0.2, -0.15) is 0 Å². The van der Waals surface area contributed by atoms with Gasteiger partial charge in [-0.25, -0.2) is 0 Å². The van der Waals surface area contributed by atoms with E-state index < -0.39 is 0 Å². The van der Waals surface area contributed by atoms with Crippen molar-refractivity contribution in [3.8, 4) is 0 Å². The van der Waals surface area contributed by atoms with Crippen LogP contribution in [0.15, 0.2) is 30.6 Å². The predicted molar refractivity (Wildman–Crippen MR) is 63.1 cm³/mol. The van der Waals surface area contributed by atoms with Crippen LogP contribution in [0.2, 0.25) is 0 Å². The smallest absolute Gasteiger partial charge is 0.164 e. The quantitative estimate of drug-likeness (QED) is 0.515. The van der Waals surface area contributed by atoms with E-state index in [0.717, 1.165) is 24.9 Å². The van der Waals surface area contributed by atoms with Crippen LogP contribution in [0.3, 0.4) is 0 Å². The Morgan fingerprint density at radius 1 is 1.47 bits per heavy atom. The normalized spacial score (nSPS) is 10.3. The molecule has 0 amide bonds. The van der Waals surface area contributed by atoms with E-state index in [1.165, 1.54) is 5.57 Å². The van der Waals surface area contributed by atoms with Gasteiger partial charge >= 0.3 is 0 Å². The van der Waals surface area contributed by atoms with E-state index in [-0.39, 0.29) is 5.78 Å². The molecule has 1 aromatic heterocycles. The molecule has 2 heteroatoms. The van der Waals surface area contributed by atoms with Crippen molar-refractivity contribution in [3.63, 3.8) is 0 Å². The third-order valence-corrected chi connectivity index (χ3v) is 2.46. The highest BCUT2D eigenvalue weighted by Crippen LogP contribution is 2.09. The lowest BCUT2D eigenvalue weighted by molar-refractivity contribution is 0.0981. The van der Waals surface area contributed by atoms with Crippen LogP contribution in [0.4, 0.5) is 0 Å². The van der Waals surface area contributed by atoms with Crippen LogP contribution >= 0.6 is 0 Å². The average Bonchev–Trinajstić information content (AvgIpc) is 2.66. The lowest BCUT2D eigenvalue weighted by Gasteiger charge is -2.03. The molecule has 0 radical (unpaired) electrons. The van der Waals surface area contributed by atoms with E-state index in [1.807, 2.05) is 30.0 Å². The summed E-state index contributed by atoms with van der Waals surface area (Å²) < 4.78 is 2.02.